The van der Waals surface area contributed by atoms with Crippen molar-refractivity contribution < 1.29 is 17.6 Å². The largest absolute Gasteiger partial charge is 0.470 e. The van der Waals surface area contributed by atoms with Crippen molar-refractivity contribution in [3.63, 3.8) is 0 Å². The SMILES string of the molecule is CC(C)c1ccc(-c2nnc(C(F)(F)F)o2)cc1. The molecule has 3 nitrogen and oxygen atoms in total. The van der Waals surface area contributed by atoms with Crippen LogP contribution in [0.5, 0.6) is 0 Å². The molecule has 0 spiro atoms. The quantitative estimate of drug-likeness (QED) is 0.818. The third-order valence-corrected chi connectivity index (χ3v) is 2.49. The molecule has 1 aromatic heterocycles. The molecule has 0 fully saturated rings. The molecule has 0 saturated carbocycles. The van der Waals surface area contributed by atoms with Gasteiger partial charge in [-0.05, 0) is 23.6 Å². The first-order valence-electron chi connectivity index (χ1n) is 5.39. The number of aromatic nitrogens is 2. The highest BCUT2D eigenvalue weighted by Gasteiger charge is 2.38. The Balaban J connectivity index is 2.29. The van der Waals surface area contributed by atoms with Gasteiger partial charge in [-0.1, -0.05) is 26.0 Å². The van der Waals surface area contributed by atoms with Gasteiger partial charge >= 0.3 is 12.1 Å². The highest BCUT2D eigenvalue weighted by Crippen LogP contribution is 2.30. The molecule has 6 heteroatoms. The molecule has 1 heterocycles. The molecule has 0 radical (unpaired) electrons. The van der Waals surface area contributed by atoms with E-state index in [0.717, 1.165) is 5.56 Å². The average Bonchev–Trinajstić information content (AvgIpc) is 2.78. The predicted octanol–water partition coefficient (Wildman–Crippen LogP) is 3.88. The maximum absolute atomic E-state index is 12.3. The predicted molar refractivity (Wildman–Crippen MR) is 58.8 cm³/mol. The molecule has 0 aliphatic carbocycles. The molecule has 0 bridgehead atoms. The molecule has 2 rings (SSSR count). The monoisotopic (exact) mass is 256 g/mol. The van der Waals surface area contributed by atoms with Crippen LogP contribution < -0.4 is 0 Å². The average molecular weight is 256 g/mol. The smallest absolute Gasteiger partial charge is 0.413 e. The molecule has 18 heavy (non-hydrogen) atoms. The minimum Gasteiger partial charge on any atom is -0.413 e. The minimum atomic E-state index is -4.61. The number of alkyl halides is 3. The zero-order valence-corrected chi connectivity index (χ0v) is 9.82. The summed E-state index contributed by atoms with van der Waals surface area (Å²) in [5.41, 5.74) is 1.57. The Morgan fingerprint density at radius 3 is 2.11 bits per heavy atom. The van der Waals surface area contributed by atoms with Gasteiger partial charge in [0.1, 0.15) is 0 Å². The van der Waals surface area contributed by atoms with Gasteiger partial charge in [0, 0.05) is 5.56 Å². The summed E-state index contributed by atoms with van der Waals surface area (Å²) >= 11 is 0. The van der Waals surface area contributed by atoms with E-state index in [2.05, 4.69) is 14.6 Å². The summed E-state index contributed by atoms with van der Waals surface area (Å²) in [6.07, 6.45) is -4.61. The van der Waals surface area contributed by atoms with E-state index in [1.165, 1.54) is 0 Å². The fraction of sp³-hybridized carbons (Fsp3) is 0.333. The highest BCUT2D eigenvalue weighted by molar-refractivity contribution is 5.53. The van der Waals surface area contributed by atoms with Gasteiger partial charge in [0.25, 0.3) is 0 Å². The van der Waals surface area contributed by atoms with Crippen LogP contribution in [-0.4, -0.2) is 10.2 Å². The molecule has 96 valence electrons. The van der Waals surface area contributed by atoms with E-state index in [1.54, 1.807) is 12.1 Å². The molecule has 0 saturated heterocycles. The molecule has 0 N–H and O–H groups in total. The summed E-state index contributed by atoms with van der Waals surface area (Å²) in [4.78, 5) is 0. The van der Waals surface area contributed by atoms with Crippen LogP contribution in [0.25, 0.3) is 11.5 Å². The zero-order chi connectivity index (χ0) is 13.3. The van der Waals surface area contributed by atoms with Crippen molar-refractivity contribution >= 4 is 0 Å². The molecule has 0 unspecified atom stereocenters. The van der Waals surface area contributed by atoms with E-state index in [0.29, 0.717) is 11.5 Å². The summed E-state index contributed by atoms with van der Waals surface area (Å²) in [5, 5.41) is 6.37. The second-order valence-corrected chi connectivity index (χ2v) is 4.19. The van der Waals surface area contributed by atoms with Crippen molar-refractivity contribution in [1.29, 1.82) is 0 Å². The Labute approximate surface area is 102 Å². The zero-order valence-electron chi connectivity index (χ0n) is 9.82. The number of halogens is 3. The van der Waals surface area contributed by atoms with Gasteiger partial charge in [-0.3, -0.25) is 0 Å². The lowest BCUT2D eigenvalue weighted by molar-refractivity contribution is -0.156. The van der Waals surface area contributed by atoms with Crippen LogP contribution in [0.1, 0.15) is 31.2 Å². The molecule has 1 aromatic carbocycles. The third kappa shape index (κ3) is 2.52. The number of benzene rings is 1. The topological polar surface area (TPSA) is 38.9 Å². The molecular formula is C12H11F3N2O. The Hall–Kier alpha value is -1.85. The van der Waals surface area contributed by atoms with Crippen LogP contribution >= 0.6 is 0 Å². The lowest BCUT2D eigenvalue weighted by atomic mass is 10.0. The molecule has 0 amide bonds. The number of rotatable bonds is 2. The molecule has 2 aromatic rings. The number of hydrogen-bond donors (Lipinski definition) is 0. The Morgan fingerprint density at radius 2 is 1.67 bits per heavy atom. The molecule has 0 atom stereocenters. The van der Waals surface area contributed by atoms with Gasteiger partial charge in [-0.2, -0.15) is 13.2 Å². The first-order chi connectivity index (χ1) is 8.38. The molecule has 0 aliphatic heterocycles. The summed E-state index contributed by atoms with van der Waals surface area (Å²) < 4.78 is 41.5. The summed E-state index contributed by atoms with van der Waals surface area (Å²) in [6.45, 7) is 4.06. The Morgan fingerprint density at radius 1 is 1.06 bits per heavy atom. The van der Waals surface area contributed by atoms with Crippen molar-refractivity contribution in [3.8, 4) is 11.5 Å². The van der Waals surface area contributed by atoms with E-state index >= 15 is 0 Å². The van der Waals surface area contributed by atoms with Crippen molar-refractivity contribution in [2.75, 3.05) is 0 Å². The van der Waals surface area contributed by atoms with Gasteiger partial charge in [-0.15, -0.1) is 10.2 Å². The normalized spacial score (nSPS) is 12.1. The Kier molecular flexibility index (Phi) is 3.11. The first kappa shape index (κ1) is 12.6. The summed E-state index contributed by atoms with van der Waals surface area (Å²) in [6, 6.07) is 7.00. The van der Waals surface area contributed by atoms with Gasteiger partial charge < -0.3 is 4.42 Å². The fourth-order valence-electron chi connectivity index (χ4n) is 1.47. The molecule has 0 aliphatic rings. The standard InChI is InChI=1S/C12H11F3N2O/c1-7(2)8-3-5-9(6-4-8)10-16-17-11(18-10)12(13,14)15/h3-7H,1-2H3. The third-order valence-electron chi connectivity index (χ3n) is 2.49. The summed E-state index contributed by atoms with van der Waals surface area (Å²) in [7, 11) is 0. The van der Waals surface area contributed by atoms with E-state index in [9.17, 15) is 13.2 Å². The van der Waals surface area contributed by atoms with Gasteiger partial charge in [0.2, 0.25) is 5.89 Å². The van der Waals surface area contributed by atoms with Crippen molar-refractivity contribution in [2.45, 2.75) is 25.9 Å². The molecular weight excluding hydrogens is 245 g/mol. The van der Waals surface area contributed by atoms with E-state index in [-0.39, 0.29) is 5.89 Å². The second-order valence-electron chi connectivity index (χ2n) is 4.19. The van der Waals surface area contributed by atoms with Crippen LogP contribution in [0, 0.1) is 0 Å². The maximum atomic E-state index is 12.3. The summed E-state index contributed by atoms with van der Waals surface area (Å²) in [5.74, 6) is -1.10. The minimum absolute atomic E-state index is 0.127. The number of nitrogens with zero attached hydrogens (tertiary/aromatic N) is 2. The van der Waals surface area contributed by atoms with Crippen LogP contribution in [0.3, 0.4) is 0 Å². The maximum Gasteiger partial charge on any atom is 0.470 e. The van der Waals surface area contributed by atoms with Gasteiger partial charge in [0.05, 0.1) is 0 Å². The van der Waals surface area contributed by atoms with Crippen molar-refractivity contribution in [1.82, 2.24) is 10.2 Å². The Bertz CT molecular complexity index is 529. The second kappa shape index (κ2) is 4.44. The van der Waals surface area contributed by atoms with Crippen LogP contribution in [-0.2, 0) is 6.18 Å². The van der Waals surface area contributed by atoms with Crippen molar-refractivity contribution in [3.05, 3.63) is 35.7 Å². The lowest BCUT2D eigenvalue weighted by Crippen LogP contribution is -2.04. The number of hydrogen-bond acceptors (Lipinski definition) is 3. The van der Waals surface area contributed by atoms with E-state index in [4.69, 9.17) is 0 Å². The van der Waals surface area contributed by atoms with E-state index < -0.39 is 12.1 Å². The fourth-order valence-corrected chi connectivity index (χ4v) is 1.47. The highest BCUT2D eigenvalue weighted by atomic mass is 19.4. The first-order valence-corrected chi connectivity index (χ1v) is 5.39. The van der Waals surface area contributed by atoms with Gasteiger partial charge in [0.15, 0.2) is 0 Å². The van der Waals surface area contributed by atoms with Crippen molar-refractivity contribution in [2.24, 2.45) is 0 Å². The van der Waals surface area contributed by atoms with Crippen LogP contribution in [0.2, 0.25) is 0 Å². The van der Waals surface area contributed by atoms with Gasteiger partial charge in [-0.25, -0.2) is 0 Å². The van der Waals surface area contributed by atoms with Crippen LogP contribution in [0.4, 0.5) is 13.2 Å². The van der Waals surface area contributed by atoms with E-state index in [1.807, 2.05) is 26.0 Å². The van der Waals surface area contributed by atoms with Crippen LogP contribution in [0.15, 0.2) is 28.7 Å². The lowest BCUT2D eigenvalue weighted by Gasteiger charge is -2.04.